The molecular weight excluding hydrogens is 342 g/mol. The first-order valence-corrected chi connectivity index (χ1v) is 8.35. The summed E-state index contributed by atoms with van der Waals surface area (Å²) in [5.41, 5.74) is 0.644. The van der Waals surface area contributed by atoms with Gasteiger partial charge in [-0.05, 0) is 31.2 Å². The molecule has 0 N–H and O–H groups in total. The average molecular weight is 355 g/mol. The minimum atomic E-state index is -0.503. The summed E-state index contributed by atoms with van der Waals surface area (Å²) in [5, 5.41) is 11.6. The first-order chi connectivity index (χ1) is 12.0. The van der Waals surface area contributed by atoms with Gasteiger partial charge in [-0.2, -0.15) is 0 Å². The van der Waals surface area contributed by atoms with Gasteiger partial charge in [-0.25, -0.2) is 4.98 Å². The van der Waals surface area contributed by atoms with Crippen LogP contribution >= 0.6 is 11.8 Å². The van der Waals surface area contributed by atoms with Gasteiger partial charge in [0.05, 0.1) is 27.3 Å². The molecule has 0 unspecified atom stereocenters. The van der Waals surface area contributed by atoms with Crippen LogP contribution in [0.2, 0.25) is 0 Å². The summed E-state index contributed by atoms with van der Waals surface area (Å²) in [7, 11) is 0. The molecule has 0 amide bonds. The highest BCUT2D eigenvalue weighted by atomic mass is 32.2. The third kappa shape index (κ3) is 3.43. The van der Waals surface area contributed by atoms with Crippen LogP contribution < -0.4 is 5.56 Å². The van der Waals surface area contributed by atoms with Crippen molar-refractivity contribution in [1.82, 2.24) is 9.55 Å². The Morgan fingerprint density at radius 3 is 2.52 bits per heavy atom. The summed E-state index contributed by atoms with van der Waals surface area (Å²) >= 11 is 1.16. The van der Waals surface area contributed by atoms with E-state index in [4.69, 9.17) is 0 Å². The third-order valence-electron chi connectivity index (χ3n) is 3.47. The lowest BCUT2D eigenvalue weighted by atomic mass is 10.2. The number of non-ortho nitro benzene ring substituents is 1. The Hall–Kier alpha value is -3.00. The molecule has 0 fully saturated rings. The van der Waals surface area contributed by atoms with Crippen molar-refractivity contribution < 1.29 is 9.72 Å². The van der Waals surface area contributed by atoms with Gasteiger partial charge in [-0.3, -0.25) is 24.3 Å². The van der Waals surface area contributed by atoms with E-state index in [0.717, 1.165) is 11.8 Å². The van der Waals surface area contributed by atoms with Crippen molar-refractivity contribution in [2.75, 3.05) is 5.75 Å². The van der Waals surface area contributed by atoms with Gasteiger partial charge >= 0.3 is 0 Å². The fourth-order valence-corrected chi connectivity index (χ4v) is 3.14. The number of rotatable bonds is 5. The van der Waals surface area contributed by atoms with Gasteiger partial charge in [0.25, 0.3) is 11.2 Å². The largest absolute Gasteiger partial charge is 0.299 e. The normalized spacial score (nSPS) is 10.8. The van der Waals surface area contributed by atoms with Gasteiger partial charge in [-0.1, -0.05) is 23.9 Å². The van der Waals surface area contributed by atoms with Crippen LogP contribution in [0.25, 0.3) is 16.6 Å². The first kappa shape index (κ1) is 16.8. The Labute approximate surface area is 146 Å². The van der Waals surface area contributed by atoms with Crippen LogP contribution in [0.3, 0.4) is 0 Å². The maximum Gasteiger partial charge on any atom is 0.269 e. The number of Topliss-reactive ketones (excluding diaryl/α,β-unsaturated/α-hetero) is 1. The fourth-order valence-electron chi connectivity index (χ4n) is 2.33. The van der Waals surface area contributed by atoms with Crippen LogP contribution in [0.4, 0.5) is 5.69 Å². The SMILES string of the molecule is CC(=O)CSc1nc2ccccc2c(=O)n1-c1ccc([N+](=O)[O-])cc1. The number of carbonyl (C=O) groups is 1. The highest BCUT2D eigenvalue weighted by Gasteiger charge is 2.15. The van der Waals surface area contributed by atoms with Gasteiger partial charge in [-0.15, -0.1) is 0 Å². The molecule has 0 saturated carbocycles. The maximum atomic E-state index is 12.9. The molecule has 0 aliphatic heterocycles. The van der Waals surface area contributed by atoms with Crippen molar-refractivity contribution in [2.45, 2.75) is 12.1 Å². The molecule has 0 spiro atoms. The van der Waals surface area contributed by atoms with E-state index in [0.29, 0.717) is 21.7 Å². The summed E-state index contributed by atoms with van der Waals surface area (Å²) in [6.45, 7) is 1.46. The lowest BCUT2D eigenvalue weighted by Crippen LogP contribution is -2.22. The van der Waals surface area contributed by atoms with E-state index in [1.165, 1.54) is 35.8 Å². The molecule has 2 aromatic carbocycles. The molecule has 1 heterocycles. The Morgan fingerprint density at radius 2 is 1.88 bits per heavy atom. The molecule has 8 heteroatoms. The van der Waals surface area contributed by atoms with Crippen molar-refractivity contribution >= 4 is 34.1 Å². The van der Waals surface area contributed by atoms with Crippen LogP contribution in [-0.2, 0) is 4.79 Å². The lowest BCUT2D eigenvalue weighted by Gasteiger charge is -2.12. The summed E-state index contributed by atoms with van der Waals surface area (Å²) in [6.07, 6.45) is 0. The minimum Gasteiger partial charge on any atom is -0.299 e. The summed E-state index contributed by atoms with van der Waals surface area (Å²) in [6, 6.07) is 12.6. The van der Waals surface area contributed by atoms with Gasteiger partial charge < -0.3 is 0 Å². The number of benzene rings is 2. The predicted molar refractivity (Wildman–Crippen MR) is 95.4 cm³/mol. The average Bonchev–Trinajstić information content (AvgIpc) is 2.60. The zero-order valence-electron chi connectivity index (χ0n) is 13.2. The number of hydrogen-bond acceptors (Lipinski definition) is 6. The quantitative estimate of drug-likeness (QED) is 0.302. The Balaban J connectivity index is 2.21. The molecule has 0 radical (unpaired) electrons. The molecule has 0 aliphatic carbocycles. The molecule has 0 aliphatic rings. The minimum absolute atomic E-state index is 0.0392. The van der Waals surface area contributed by atoms with E-state index in [9.17, 15) is 19.7 Å². The number of ketones is 1. The van der Waals surface area contributed by atoms with E-state index in [1.807, 2.05) is 0 Å². The van der Waals surface area contributed by atoms with Gasteiger partial charge in [0, 0.05) is 12.1 Å². The van der Waals surface area contributed by atoms with Crippen molar-refractivity contribution in [3.8, 4) is 5.69 Å². The summed E-state index contributed by atoms with van der Waals surface area (Å²) in [4.78, 5) is 39.0. The molecule has 0 saturated heterocycles. The highest BCUT2D eigenvalue weighted by molar-refractivity contribution is 7.99. The number of nitro groups is 1. The second-order valence-corrected chi connectivity index (χ2v) is 6.26. The molecule has 3 aromatic rings. The monoisotopic (exact) mass is 355 g/mol. The second-order valence-electron chi connectivity index (χ2n) is 5.32. The van der Waals surface area contributed by atoms with E-state index in [-0.39, 0.29) is 22.8 Å². The lowest BCUT2D eigenvalue weighted by molar-refractivity contribution is -0.384. The van der Waals surface area contributed by atoms with Crippen LogP contribution in [0.5, 0.6) is 0 Å². The van der Waals surface area contributed by atoms with E-state index < -0.39 is 4.92 Å². The maximum absolute atomic E-state index is 12.9. The number of carbonyl (C=O) groups excluding carboxylic acids is 1. The second kappa shape index (κ2) is 6.86. The number of aromatic nitrogens is 2. The van der Waals surface area contributed by atoms with Crippen molar-refractivity contribution in [1.29, 1.82) is 0 Å². The number of nitro benzene ring substituents is 1. The molecular formula is C17H13N3O4S. The number of fused-ring (bicyclic) bond motifs is 1. The molecule has 3 rings (SSSR count). The number of para-hydroxylation sites is 1. The molecule has 25 heavy (non-hydrogen) atoms. The molecule has 0 atom stereocenters. The van der Waals surface area contributed by atoms with Gasteiger partial charge in [0.15, 0.2) is 5.16 Å². The predicted octanol–water partition coefficient (Wildman–Crippen LogP) is 2.98. The molecule has 1 aromatic heterocycles. The Kier molecular flexibility index (Phi) is 4.62. The molecule has 7 nitrogen and oxygen atoms in total. The van der Waals surface area contributed by atoms with E-state index in [2.05, 4.69) is 4.98 Å². The number of hydrogen-bond donors (Lipinski definition) is 0. The fraction of sp³-hybridized carbons (Fsp3) is 0.118. The smallest absolute Gasteiger partial charge is 0.269 e. The standard InChI is InChI=1S/C17H13N3O4S/c1-11(21)10-25-17-18-15-5-3-2-4-14(15)16(22)19(17)12-6-8-13(9-7-12)20(23)24/h2-9H,10H2,1H3. The highest BCUT2D eigenvalue weighted by Crippen LogP contribution is 2.22. The summed E-state index contributed by atoms with van der Waals surface area (Å²) < 4.78 is 1.37. The third-order valence-corrected chi connectivity index (χ3v) is 4.55. The number of nitrogens with zero attached hydrogens (tertiary/aromatic N) is 3. The number of thioether (sulfide) groups is 1. The van der Waals surface area contributed by atoms with Crippen LogP contribution in [-0.4, -0.2) is 26.0 Å². The van der Waals surface area contributed by atoms with Crippen molar-refractivity contribution in [3.05, 3.63) is 69.0 Å². The van der Waals surface area contributed by atoms with Crippen LogP contribution in [0.15, 0.2) is 58.5 Å². The zero-order chi connectivity index (χ0) is 18.0. The van der Waals surface area contributed by atoms with Gasteiger partial charge in [0.2, 0.25) is 0 Å². The topological polar surface area (TPSA) is 95.1 Å². The van der Waals surface area contributed by atoms with Crippen LogP contribution in [0.1, 0.15) is 6.92 Å². The van der Waals surface area contributed by atoms with Crippen molar-refractivity contribution in [3.63, 3.8) is 0 Å². The van der Waals surface area contributed by atoms with E-state index >= 15 is 0 Å². The van der Waals surface area contributed by atoms with Crippen molar-refractivity contribution in [2.24, 2.45) is 0 Å². The molecule has 0 bridgehead atoms. The zero-order valence-corrected chi connectivity index (χ0v) is 14.0. The van der Waals surface area contributed by atoms with E-state index in [1.54, 1.807) is 24.3 Å². The van der Waals surface area contributed by atoms with Gasteiger partial charge in [0.1, 0.15) is 5.78 Å². The van der Waals surface area contributed by atoms with Crippen LogP contribution in [0, 0.1) is 10.1 Å². The Bertz CT molecular complexity index is 1030. The summed E-state index contributed by atoms with van der Waals surface area (Å²) in [5.74, 6) is 0.139. The molecule has 126 valence electrons. The first-order valence-electron chi connectivity index (χ1n) is 7.36. The Morgan fingerprint density at radius 1 is 1.20 bits per heavy atom.